The number of carbonyl (C=O) groups is 1. The number of benzene rings is 1. The van der Waals surface area contributed by atoms with Crippen LogP contribution in [0.2, 0.25) is 0 Å². The van der Waals surface area contributed by atoms with E-state index in [9.17, 15) is 13.2 Å². The summed E-state index contributed by atoms with van der Waals surface area (Å²) >= 11 is 1.45. The lowest BCUT2D eigenvalue weighted by Gasteiger charge is -2.28. The molecule has 1 aliphatic heterocycles. The maximum Gasteiger partial charge on any atom is 0.309 e. The third kappa shape index (κ3) is 5.50. The normalized spacial score (nSPS) is 16.2. The van der Waals surface area contributed by atoms with Gasteiger partial charge in [-0.05, 0) is 31.9 Å². The summed E-state index contributed by atoms with van der Waals surface area (Å²) in [4.78, 5) is 16.7. The molecule has 0 unspecified atom stereocenters. The van der Waals surface area contributed by atoms with Gasteiger partial charge in [0.2, 0.25) is 10.0 Å². The Labute approximate surface area is 163 Å². The number of nitrogens with zero attached hydrogens (tertiary/aromatic N) is 2. The van der Waals surface area contributed by atoms with Crippen LogP contribution in [0, 0.1) is 12.8 Å². The van der Waals surface area contributed by atoms with E-state index in [1.165, 1.54) is 27.5 Å². The summed E-state index contributed by atoms with van der Waals surface area (Å²) in [6.07, 6.45) is 2.17. The van der Waals surface area contributed by atoms with E-state index in [1.807, 2.05) is 36.6 Å². The fraction of sp³-hybridized carbons (Fsp3) is 0.444. The third-order valence-electron chi connectivity index (χ3n) is 4.47. The second-order valence-corrected chi connectivity index (χ2v) is 9.52. The van der Waals surface area contributed by atoms with E-state index in [1.54, 1.807) is 0 Å². The minimum atomic E-state index is -3.19. The van der Waals surface area contributed by atoms with E-state index < -0.39 is 10.0 Å². The molecule has 0 amide bonds. The van der Waals surface area contributed by atoms with Gasteiger partial charge >= 0.3 is 5.97 Å². The van der Waals surface area contributed by atoms with Crippen LogP contribution >= 0.6 is 11.3 Å². The molecule has 1 aliphatic rings. The number of sulfonamides is 1. The van der Waals surface area contributed by atoms with Gasteiger partial charge < -0.3 is 10.1 Å². The van der Waals surface area contributed by atoms with E-state index in [0.717, 1.165) is 10.8 Å². The molecule has 2 heterocycles. The van der Waals surface area contributed by atoms with Crippen LogP contribution in [-0.2, 0) is 26.2 Å². The van der Waals surface area contributed by atoms with E-state index in [-0.39, 0.29) is 18.5 Å². The monoisotopic (exact) mass is 409 g/mol. The van der Waals surface area contributed by atoms with Crippen molar-refractivity contribution in [1.82, 2.24) is 9.29 Å². The maximum absolute atomic E-state index is 12.2. The van der Waals surface area contributed by atoms with Crippen molar-refractivity contribution < 1.29 is 17.9 Å². The van der Waals surface area contributed by atoms with Gasteiger partial charge in [0.1, 0.15) is 6.61 Å². The number of carbonyl (C=O) groups excluding carboxylic acids is 1. The number of thiazole rings is 1. The third-order valence-corrected chi connectivity index (χ3v) is 6.58. The summed E-state index contributed by atoms with van der Waals surface area (Å²) in [7, 11) is -3.19. The molecule has 1 fully saturated rings. The highest BCUT2D eigenvalue weighted by Gasteiger charge is 2.29. The molecule has 7 nitrogen and oxygen atoms in total. The van der Waals surface area contributed by atoms with Gasteiger partial charge in [-0.15, -0.1) is 11.3 Å². The predicted octanol–water partition coefficient (Wildman–Crippen LogP) is 2.91. The zero-order valence-corrected chi connectivity index (χ0v) is 17.0. The maximum atomic E-state index is 12.2. The average Bonchev–Trinajstić information content (AvgIpc) is 3.08. The standard InChI is InChI=1S/C18H23N3O4S2/c1-13-3-5-15(6-4-13)19-18-20-16(12-26-18)11-25-17(22)14-7-9-21(10-8-14)27(2,23)24/h3-6,12,14H,7-11H2,1-2H3,(H,19,20). The molecule has 27 heavy (non-hydrogen) atoms. The Bertz CT molecular complexity index is 886. The molecule has 3 rings (SSSR count). The van der Waals surface area contributed by atoms with Gasteiger partial charge in [0.25, 0.3) is 0 Å². The summed E-state index contributed by atoms with van der Waals surface area (Å²) < 4.78 is 29.8. The minimum absolute atomic E-state index is 0.122. The first-order valence-electron chi connectivity index (χ1n) is 8.71. The van der Waals surface area contributed by atoms with Gasteiger partial charge in [0, 0.05) is 24.2 Å². The number of anilines is 2. The van der Waals surface area contributed by atoms with Gasteiger partial charge in [-0.25, -0.2) is 17.7 Å². The van der Waals surface area contributed by atoms with Crippen LogP contribution in [-0.4, -0.2) is 43.0 Å². The van der Waals surface area contributed by atoms with Crippen molar-refractivity contribution in [2.24, 2.45) is 5.92 Å². The average molecular weight is 410 g/mol. The number of nitrogens with one attached hydrogen (secondary N) is 1. The highest BCUT2D eigenvalue weighted by Crippen LogP contribution is 2.23. The van der Waals surface area contributed by atoms with Crippen molar-refractivity contribution in [2.75, 3.05) is 24.7 Å². The lowest BCUT2D eigenvalue weighted by Crippen LogP contribution is -2.40. The fourth-order valence-electron chi connectivity index (χ4n) is 2.88. The first-order chi connectivity index (χ1) is 12.8. The van der Waals surface area contributed by atoms with Crippen molar-refractivity contribution in [3.8, 4) is 0 Å². The Morgan fingerprint density at radius 1 is 1.30 bits per heavy atom. The molecule has 146 valence electrons. The number of aromatic nitrogens is 1. The molecular formula is C18H23N3O4S2. The van der Waals surface area contributed by atoms with Gasteiger partial charge in [0.05, 0.1) is 17.9 Å². The van der Waals surface area contributed by atoms with Crippen LogP contribution in [0.15, 0.2) is 29.6 Å². The Hall–Kier alpha value is -1.97. The number of hydrogen-bond donors (Lipinski definition) is 1. The Morgan fingerprint density at radius 2 is 1.96 bits per heavy atom. The summed E-state index contributed by atoms with van der Waals surface area (Å²) in [6.45, 7) is 2.88. The number of piperidine rings is 1. The Kier molecular flexibility index (Phi) is 6.13. The number of rotatable bonds is 6. The quantitative estimate of drug-likeness (QED) is 0.738. The zero-order valence-electron chi connectivity index (χ0n) is 15.3. The first kappa shape index (κ1) is 19.8. The van der Waals surface area contributed by atoms with Crippen LogP contribution in [0.4, 0.5) is 10.8 Å². The van der Waals surface area contributed by atoms with Crippen LogP contribution in [0.25, 0.3) is 0 Å². The van der Waals surface area contributed by atoms with Crippen LogP contribution in [0.5, 0.6) is 0 Å². The Balaban J connectivity index is 1.47. The van der Waals surface area contributed by atoms with Crippen molar-refractivity contribution in [1.29, 1.82) is 0 Å². The summed E-state index contributed by atoms with van der Waals surface area (Å²) in [5, 5.41) is 5.83. The van der Waals surface area contributed by atoms with Crippen molar-refractivity contribution >= 4 is 38.1 Å². The summed E-state index contributed by atoms with van der Waals surface area (Å²) in [5.74, 6) is -0.545. The molecule has 2 aromatic rings. The van der Waals surface area contributed by atoms with Crippen molar-refractivity contribution in [2.45, 2.75) is 26.4 Å². The fourth-order valence-corrected chi connectivity index (χ4v) is 4.47. The smallest absolute Gasteiger partial charge is 0.309 e. The van der Waals surface area contributed by atoms with E-state index in [4.69, 9.17) is 4.74 Å². The van der Waals surface area contributed by atoms with Crippen LogP contribution < -0.4 is 5.32 Å². The van der Waals surface area contributed by atoms with Crippen LogP contribution in [0.3, 0.4) is 0 Å². The molecule has 0 bridgehead atoms. The van der Waals surface area contributed by atoms with Gasteiger partial charge in [0.15, 0.2) is 5.13 Å². The summed E-state index contributed by atoms with van der Waals surface area (Å²) in [6, 6.07) is 8.01. The molecule has 1 aromatic carbocycles. The molecule has 1 aromatic heterocycles. The van der Waals surface area contributed by atoms with Gasteiger partial charge in [-0.2, -0.15) is 0 Å². The summed E-state index contributed by atoms with van der Waals surface area (Å²) in [5.41, 5.74) is 2.84. The molecule has 0 saturated carbocycles. The molecular weight excluding hydrogens is 386 g/mol. The van der Waals surface area contributed by atoms with Gasteiger partial charge in [-0.3, -0.25) is 4.79 Å². The first-order valence-corrected chi connectivity index (χ1v) is 11.4. The Morgan fingerprint density at radius 3 is 2.59 bits per heavy atom. The van der Waals surface area contributed by atoms with E-state index in [0.29, 0.717) is 31.6 Å². The SMILES string of the molecule is Cc1ccc(Nc2nc(COC(=O)C3CCN(S(C)(=O)=O)CC3)cs2)cc1. The van der Waals surface area contributed by atoms with Crippen molar-refractivity contribution in [3.63, 3.8) is 0 Å². The molecule has 1 N–H and O–H groups in total. The molecule has 9 heteroatoms. The molecule has 1 saturated heterocycles. The highest BCUT2D eigenvalue weighted by atomic mass is 32.2. The minimum Gasteiger partial charge on any atom is -0.459 e. The lowest BCUT2D eigenvalue weighted by atomic mass is 9.98. The van der Waals surface area contributed by atoms with E-state index >= 15 is 0 Å². The molecule has 0 spiro atoms. The predicted molar refractivity (Wildman–Crippen MR) is 106 cm³/mol. The molecule has 0 atom stereocenters. The molecule has 0 aliphatic carbocycles. The van der Waals surface area contributed by atoms with E-state index in [2.05, 4.69) is 10.3 Å². The highest BCUT2D eigenvalue weighted by molar-refractivity contribution is 7.88. The zero-order chi connectivity index (χ0) is 19.4. The lowest BCUT2D eigenvalue weighted by molar-refractivity contribution is -0.151. The van der Waals surface area contributed by atoms with Gasteiger partial charge in [-0.1, -0.05) is 17.7 Å². The second-order valence-electron chi connectivity index (χ2n) is 6.68. The molecule has 0 radical (unpaired) electrons. The topological polar surface area (TPSA) is 88.6 Å². The number of aryl methyl sites for hydroxylation is 1. The van der Waals surface area contributed by atoms with Crippen molar-refractivity contribution in [3.05, 3.63) is 40.9 Å². The number of esters is 1. The van der Waals surface area contributed by atoms with Crippen LogP contribution in [0.1, 0.15) is 24.1 Å². The second kappa shape index (κ2) is 8.37. The largest absolute Gasteiger partial charge is 0.459 e. The number of hydrogen-bond acceptors (Lipinski definition) is 7. The number of ether oxygens (including phenoxy) is 1.